The molecule has 188 valence electrons. The summed E-state index contributed by atoms with van der Waals surface area (Å²) in [7, 11) is 0. The highest BCUT2D eigenvalue weighted by molar-refractivity contribution is 14.1. The van der Waals surface area contributed by atoms with Crippen molar-refractivity contribution in [2.45, 2.75) is 71.1 Å². The highest BCUT2D eigenvalue weighted by atomic mass is 127. The van der Waals surface area contributed by atoms with Gasteiger partial charge in [0.1, 0.15) is 0 Å². The average molecular weight is 593 g/mol. The molecular formula is C27H32INO6. The number of allylic oxidation sites excluding steroid dienone is 4. The van der Waals surface area contributed by atoms with E-state index in [0.29, 0.717) is 61.5 Å². The second-order valence-electron chi connectivity index (χ2n) is 9.11. The number of carboxylic acid groups (broad SMARTS) is 1. The minimum atomic E-state index is -0.890. The number of carboxylic acids is 1. The van der Waals surface area contributed by atoms with Gasteiger partial charge < -0.3 is 19.5 Å². The Morgan fingerprint density at radius 2 is 1.66 bits per heavy atom. The van der Waals surface area contributed by atoms with Crippen LogP contribution in [0.5, 0.6) is 11.5 Å². The molecule has 1 aromatic rings. The molecule has 7 nitrogen and oxygen atoms in total. The van der Waals surface area contributed by atoms with Crippen LogP contribution in [0.25, 0.3) is 0 Å². The molecule has 1 heterocycles. The van der Waals surface area contributed by atoms with Crippen LogP contribution in [0, 0.1) is 3.57 Å². The molecule has 0 saturated heterocycles. The number of benzene rings is 1. The van der Waals surface area contributed by atoms with E-state index in [-0.39, 0.29) is 24.5 Å². The number of aliphatic carboxylic acids is 1. The Morgan fingerprint density at radius 3 is 2.20 bits per heavy atom. The predicted octanol–water partition coefficient (Wildman–Crippen LogP) is 5.37. The Bertz CT molecular complexity index is 1060. The zero-order chi connectivity index (χ0) is 25.1. The normalized spacial score (nSPS) is 18.5. The number of rotatable bonds is 9. The van der Waals surface area contributed by atoms with E-state index in [1.165, 1.54) is 0 Å². The lowest BCUT2D eigenvalue weighted by atomic mass is 9.71. The third-order valence-corrected chi connectivity index (χ3v) is 7.55. The molecule has 1 aromatic carbocycles. The van der Waals surface area contributed by atoms with Gasteiger partial charge in [0.05, 0.1) is 23.2 Å². The Morgan fingerprint density at radius 1 is 1.03 bits per heavy atom. The summed E-state index contributed by atoms with van der Waals surface area (Å²) in [6.07, 6.45) is 4.57. The van der Waals surface area contributed by atoms with Gasteiger partial charge in [-0.2, -0.15) is 0 Å². The summed E-state index contributed by atoms with van der Waals surface area (Å²) in [5.74, 6) is 0.0349. The average Bonchev–Trinajstić information content (AvgIpc) is 2.82. The molecule has 0 saturated carbocycles. The van der Waals surface area contributed by atoms with Crippen LogP contribution < -0.4 is 9.47 Å². The fraction of sp³-hybridized carbons (Fsp3) is 0.519. The zero-order valence-electron chi connectivity index (χ0n) is 20.3. The van der Waals surface area contributed by atoms with E-state index in [4.69, 9.17) is 9.47 Å². The molecule has 0 amide bonds. The van der Waals surface area contributed by atoms with E-state index >= 15 is 0 Å². The van der Waals surface area contributed by atoms with Gasteiger partial charge >= 0.3 is 5.97 Å². The van der Waals surface area contributed by atoms with Crippen molar-refractivity contribution < 1.29 is 29.0 Å². The van der Waals surface area contributed by atoms with E-state index in [0.717, 1.165) is 39.8 Å². The lowest BCUT2D eigenvalue weighted by molar-refractivity contribution is -0.137. The third kappa shape index (κ3) is 5.13. The molecule has 2 aliphatic carbocycles. The highest BCUT2D eigenvalue weighted by Gasteiger charge is 2.43. The molecule has 0 bridgehead atoms. The topological polar surface area (TPSA) is 93.1 Å². The maximum atomic E-state index is 13.4. The fourth-order valence-corrected chi connectivity index (χ4v) is 6.17. The first-order chi connectivity index (χ1) is 16.9. The second-order valence-corrected chi connectivity index (χ2v) is 10.3. The Hall–Kier alpha value is -2.36. The van der Waals surface area contributed by atoms with Crippen LogP contribution >= 0.6 is 22.6 Å². The number of carbonyl (C=O) groups is 3. The van der Waals surface area contributed by atoms with Crippen molar-refractivity contribution in [3.63, 3.8) is 0 Å². The van der Waals surface area contributed by atoms with Crippen molar-refractivity contribution in [3.8, 4) is 11.5 Å². The molecule has 0 unspecified atom stereocenters. The molecule has 0 atom stereocenters. The van der Waals surface area contributed by atoms with Gasteiger partial charge in [0, 0.05) is 47.8 Å². The largest absolute Gasteiger partial charge is 0.490 e. The van der Waals surface area contributed by atoms with Gasteiger partial charge in [-0.3, -0.25) is 14.4 Å². The monoisotopic (exact) mass is 593 g/mol. The predicted molar refractivity (Wildman–Crippen MR) is 140 cm³/mol. The number of ketones is 2. The van der Waals surface area contributed by atoms with Gasteiger partial charge in [-0.1, -0.05) is 6.92 Å². The molecule has 1 N–H and O–H groups in total. The van der Waals surface area contributed by atoms with E-state index in [1.807, 2.05) is 30.9 Å². The number of ether oxygens (including phenoxy) is 2. The molecule has 1 aliphatic heterocycles. The van der Waals surface area contributed by atoms with E-state index in [2.05, 4.69) is 22.6 Å². The summed E-state index contributed by atoms with van der Waals surface area (Å²) in [5.41, 5.74) is 3.93. The van der Waals surface area contributed by atoms with Crippen molar-refractivity contribution in [2.75, 3.05) is 19.8 Å². The van der Waals surface area contributed by atoms with Crippen LogP contribution in [0.3, 0.4) is 0 Å². The van der Waals surface area contributed by atoms with Gasteiger partial charge in [-0.25, -0.2) is 0 Å². The third-order valence-electron chi connectivity index (χ3n) is 6.75. The van der Waals surface area contributed by atoms with Crippen LogP contribution in [0.2, 0.25) is 0 Å². The van der Waals surface area contributed by atoms with Crippen molar-refractivity contribution in [1.82, 2.24) is 4.90 Å². The van der Waals surface area contributed by atoms with E-state index < -0.39 is 11.9 Å². The summed E-state index contributed by atoms with van der Waals surface area (Å²) in [6, 6.07) is 3.93. The number of nitrogens with zero attached hydrogens (tertiary/aromatic N) is 1. The first-order valence-electron chi connectivity index (χ1n) is 12.5. The summed E-state index contributed by atoms with van der Waals surface area (Å²) in [4.78, 5) is 40.2. The number of hydrogen-bond donors (Lipinski definition) is 1. The zero-order valence-corrected chi connectivity index (χ0v) is 22.5. The number of carbonyl (C=O) groups excluding carboxylic acids is 2. The number of halogens is 1. The van der Waals surface area contributed by atoms with Crippen LogP contribution in [-0.2, 0) is 14.4 Å². The maximum absolute atomic E-state index is 13.4. The number of hydrogen-bond acceptors (Lipinski definition) is 6. The lowest BCUT2D eigenvalue weighted by Crippen LogP contribution is -2.40. The highest BCUT2D eigenvalue weighted by Crippen LogP contribution is 2.50. The van der Waals surface area contributed by atoms with Gasteiger partial charge in [-0.05, 0) is 79.3 Å². The quantitative estimate of drug-likeness (QED) is 0.385. The molecule has 3 aliphatic rings. The van der Waals surface area contributed by atoms with E-state index in [1.54, 1.807) is 0 Å². The smallest absolute Gasteiger partial charge is 0.305 e. The van der Waals surface area contributed by atoms with Gasteiger partial charge in [-0.15, -0.1) is 0 Å². The first kappa shape index (κ1) is 25.7. The van der Waals surface area contributed by atoms with Crippen molar-refractivity contribution in [3.05, 3.63) is 43.8 Å². The minimum absolute atomic E-state index is 0.0424. The first-order valence-corrected chi connectivity index (χ1v) is 13.6. The second kappa shape index (κ2) is 11.1. The maximum Gasteiger partial charge on any atom is 0.305 e. The molecule has 0 radical (unpaired) electrons. The summed E-state index contributed by atoms with van der Waals surface area (Å²) in [5, 5.41) is 9.35. The Kier molecular flexibility index (Phi) is 8.19. The van der Waals surface area contributed by atoms with Gasteiger partial charge in [0.2, 0.25) is 0 Å². The summed E-state index contributed by atoms with van der Waals surface area (Å²) in [6.45, 7) is 5.27. The molecule has 35 heavy (non-hydrogen) atoms. The van der Waals surface area contributed by atoms with Gasteiger partial charge in [0.15, 0.2) is 23.1 Å². The minimum Gasteiger partial charge on any atom is -0.490 e. The van der Waals surface area contributed by atoms with Crippen molar-refractivity contribution >= 4 is 40.1 Å². The SMILES string of the molecule is CCCOc1c(I)cc(C2C3=C(CCCC3=O)N(CCC(=O)O)C3=C2C(=O)CCC3)cc1OCC. The Balaban J connectivity index is 1.90. The van der Waals surface area contributed by atoms with Gasteiger partial charge in [0.25, 0.3) is 0 Å². The standard InChI is InChI=1S/C27H32INO6/c1-3-13-35-27-17(28)14-16(15-22(27)34-4-2)24-25-18(7-5-9-20(25)30)29(12-11-23(32)33)19-8-6-10-21(31)26(19)24/h14-15,24H,3-13H2,1-2H3,(H,32,33). The van der Waals surface area contributed by atoms with Crippen molar-refractivity contribution in [2.24, 2.45) is 0 Å². The molecule has 0 spiro atoms. The lowest BCUT2D eigenvalue weighted by Gasteiger charge is -2.44. The number of Topliss-reactive ketones (excluding diaryl/α,β-unsaturated/α-hetero) is 2. The van der Waals surface area contributed by atoms with E-state index in [9.17, 15) is 19.5 Å². The summed E-state index contributed by atoms with van der Waals surface area (Å²) >= 11 is 2.24. The van der Waals surface area contributed by atoms with Crippen molar-refractivity contribution in [1.29, 1.82) is 0 Å². The van der Waals surface area contributed by atoms with Crippen LogP contribution in [0.15, 0.2) is 34.7 Å². The molecule has 0 fully saturated rings. The summed E-state index contributed by atoms with van der Waals surface area (Å²) < 4.78 is 12.8. The van der Waals surface area contributed by atoms with Crippen LogP contribution in [0.4, 0.5) is 0 Å². The Labute approximate surface area is 219 Å². The fourth-order valence-electron chi connectivity index (χ4n) is 5.39. The molecular weight excluding hydrogens is 561 g/mol. The van der Waals surface area contributed by atoms with Crippen LogP contribution in [-0.4, -0.2) is 47.3 Å². The molecule has 0 aromatic heterocycles. The molecule has 4 rings (SSSR count). The molecule has 8 heteroatoms. The van der Waals surface area contributed by atoms with Crippen LogP contribution in [0.1, 0.15) is 76.7 Å².